The molecule has 0 aliphatic heterocycles. The second kappa shape index (κ2) is 7.93. The van der Waals surface area contributed by atoms with E-state index in [1.165, 1.54) is 0 Å². The van der Waals surface area contributed by atoms with Crippen LogP contribution in [-0.4, -0.2) is 42.5 Å². The number of carbonyl (C=O) groups is 1. The van der Waals surface area contributed by atoms with Crippen LogP contribution in [-0.2, 0) is 18.4 Å². The highest BCUT2D eigenvalue weighted by Crippen LogP contribution is 2.26. The van der Waals surface area contributed by atoms with Gasteiger partial charge in [0.05, 0.1) is 19.0 Å². The van der Waals surface area contributed by atoms with Gasteiger partial charge in [0.15, 0.2) is 0 Å². The number of amides is 1. The Kier molecular flexibility index (Phi) is 5.02. The number of aryl methyl sites for hydroxylation is 1. The molecule has 9 heteroatoms. The minimum atomic E-state index is -0.219. The predicted molar refractivity (Wildman–Crippen MR) is 107 cm³/mol. The summed E-state index contributed by atoms with van der Waals surface area (Å²) >= 11 is 0. The molecule has 0 spiro atoms. The smallest absolute Gasteiger partial charge is 0.247 e. The van der Waals surface area contributed by atoms with Crippen LogP contribution in [0.3, 0.4) is 0 Å². The Balaban J connectivity index is 1.46. The zero-order valence-corrected chi connectivity index (χ0v) is 16.0. The highest BCUT2D eigenvalue weighted by atomic mass is 16.5. The van der Waals surface area contributed by atoms with E-state index in [-0.39, 0.29) is 12.5 Å². The van der Waals surface area contributed by atoms with E-state index in [0.717, 1.165) is 11.3 Å². The molecule has 9 nitrogen and oxygen atoms in total. The lowest BCUT2D eigenvalue weighted by Gasteiger charge is -2.05. The number of methoxy groups -OCH3 is 1. The van der Waals surface area contributed by atoms with Crippen LogP contribution in [0.5, 0.6) is 5.75 Å². The third-order valence-electron chi connectivity index (χ3n) is 4.28. The predicted octanol–water partition coefficient (Wildman–Crippen LogP) is 2.39. The molecular weight excluding hydrogens is 370 g/mol. The summed E-state index contributed by atoms with van der Waals surface area (Å²) in [4.78, 5) is 21.1. The van der Waals surface area contributed by atoms with E-state index in [1.54, 1.807) is 60.4 Å². The minimum Gasteiger partial charge on any atom is -0.494 e. The Morgan fingerprint density at radius 1 is 1.14 bits per heavy atom. The van der Waals surface area contributed by atoms with Gasteiger partial charge in [-0.05, 0) is 24.3 Å². The summed E-state index contributed by atoms with van der Waals surface area (Å²) in [7, 11) is 3.35. The molecule has 29 heavy (non-hydrogen) atoms. The molecule has 4 aromatic rings. The number of pyridine rings is 2. The lowest BCUT2D eigenvalue weighted by atomic mass is 10.2. The minimum absolute atomic E-state index is 0.0548. The molecule has 0 aliphatic carbocycles. The van der Waals surface area contributed by atoms with Gasteiger partial charge < -0.3 is 10.1 Å². The quantitative estimate of drug-likeness (QED) is 0.544. The maximum Gasteiger partial charge on any atom is 0.247 e. The molecule has 146 valence electrons. The standard InChI is InChI=1S/C20H19N7O2/c1-26-18(10-16(25-26)15-6-3-4-8-21-15)24-19(28)13-27-12-14(11-23-27)20-17(29-2)7-5-9-22-20/h3-12H,13H2,1-2H3,(H,24,28). The van der Waals surface area contributed by atoms with Gasteiger partial charge in [0.1, 0.15) is 29.5 Å². The summed E-state index contributed by atoms with van der Waals surface area (Å²) < 4.78 is 8.48. The average molecular weight is 389 g/mol. The van der Waals surface area contributed by atoms with Crippen molar-refractivity contribution in [2.24, 2.45) is 7.05 Å². The molecule has 0 atom stereocenters. The largest absolute Gasteiger partial charge is 0.494 e. The summed E-state index contributed by atoms with van der Waals surface area (Å²) in [5.41, 5.74) is 2.87. The average Bonchev–Trinajstić information content (AvgIpc) is 3.35. The van der Waals surface area contributed by atoms with Crippen molar-refractivity contribution in [1.29, 1.82) is 0 Å². The summed E-state index contributed by atoms with van der Waals surface area (Å²) in [6, 6.07) is 11.0. The van der Waals surface area contributed by atoms with Gasteiger partial charge in [0.2, 0.25) is 5.91 Å². The Hall–Kier alpha value is -4.01. The highest BCUT2D eigenvalue weighted by Gasteiger charge is 2.13. The monoisotopic (exact) mass is 389 g/mol. The number of nitrogens with zero attached hydrogens (tertiary/aromatic N) is 6. The number of ether oxygens (including phenoxy) is 1. The number of hydrogen-bond acceptors (Lipinski definition) is 6. The van der Waals surface area contributed by atoms with E-state index >= 15 is 0 Å². The highest BCUT2D eigenvalue weighted by molar-refractivity contribution is 5.90. The first-order valence-corrected chi connectivity index (χ1v) is 8.91. The lowest BCUT2D eigenvalue weighted by molar-refractivity contribution is -0.116. The molecule has 0 saturated carbocycles. The number of hydrogen-bond donors (Lipinski definition) is 1. The molecular formula is C20H19N7O2. The van der Waals surface area contributed by atoms with E-state index in [9.17, 15) is 4.79 Å². The number of aromatic nitrogens is 6. The van der Waals surface area contributed by atoms with Gasteiger partial charge in [-0.25, -0.2) is 0 Å². The molecule has 0 radical (unpaired) electrons. The maximum atomic E-state index is 12.5. The van der Waals surface area contributed by atoms with Crippen molar-refractivity contribution in [3.63, 3.8) is 0 Å². The van der Waals surface area contributed by atoms with Crippen molar-refractivity contribution in [2.75, 3.05) is 12.4 Å². The second-order valence-electron chi connectivity index (χ2n) is 6.28. The number of carbonyl (C=O) groups excluding carboxylic acids is 1. The van der Waals surface area contributed by atoms with Crippen LogP contribution in [0, 0.1) is 0 Å². The van der Waals surface area contributed by atoms with Gasteiger partial charge >= 0.3 is 0 Å². The molecule has 0 bridgehead atoms. The SMILES string of the molecule is COc1cccnc1-c1cnn(CC(=O)Nc2cc(-c3ccccn3)nn2C)c1. The molecule has 0 fully saturated rings. The summed E-state index contributed by atoms with van der Waals surface area (Å²) in [5.74, 6) is 1.01. The molecule has 0 unspecified atom stereocenters. The van der Waals surface area contributed by atoms with E-state index in [4.69, 9.17) is 4.74 Å². The van der Waals surface area contributed by atoms with Crippen molar-refractivity contribution in [3.8, 4) is 28.4 Å². The van der Waals surface area contributed by atoms with Crippen LogP contribution >= 0.6 is 0 Å². The van der Waals surface area contributed by atoms with Crippen LogP contribution in [0.4, 0.5) is 5.82 Å². The Bertz CT molecular complexity index is 1130. The first-order chi connectivity index (χ1) is 14.1. The van der Waals surface area contributed by atoms with E-state index in [2.05, 4.69) is 25.5 Å². The number of anilines is 1. The number of rotatable bonds is 6. The molecule has 0 aromatic carbocycles. The third-order valence-corrected chi connectivity index (χ3v) is 4.28. The van der Waals surface area contributed by atoms with Gasteiger partial charge in [-0.15, -0.1) is 0 Å². The zero-order chi connectivity index (χ0) is 20.2. The van der Waals surface area contributed by atoms with Crippen molar-refractivity contribution in [1.82, 2.24) is 29.5 Å². The van der Waals surface area contributed by atoms with Crippen LogP contribution in [0.2, 0.25) is 0 Å². The van der Waals surface area contributed by atoms with Crippen LogP contribution in [0.15, 0.2) is 61.2 Å². The van der Waals surface area contributed by atoms with Gasteiger partial charge in [0.25, 0.3) is 0 Å². The summed E-state index contributed by atoms with van der Waals surface area (Å²) in [6.45, 7) is 0.0548. The van der Waals surface area contributed by atoms with Crippen molar-refractivity contribution >= 4 is 11.7 Å². The van der Waals surface area contributed by atoms with Crippen LogP contribution in [0.25, 0.3) is 22.6 Å². The molecule has 0 saturated heterocycles. The second-order valence-corrected chi connectivity index (χ2v) is 6.28. The third kappa shape index (κ3) is 3.98. The van der Waals surface area contributed by atoms with Gasteiger partial charge in [-0.1, -0.05) is 6.07 Å². The molecule has 4 heterocycles. The van der Waals surface area contributed by atoms with E-state index in [0.29, 0.717) is 23.0 Å². The van der Waals surface area contributed by atoms with Crippen molar-refractivity contribution in [3.05, 3.63) is 61.2 Å². The molecule has 1 amide bonds. The fraction of sp³-hybridized carbons (Fsp3) is 0.150. The molecule has 4 rings (SSSR count). The topological polar surface area (TPSA) is 99.8 Å². The number of nitrogens with one attached hydrogen (secondary N) is 1. The van der Waals surface area contributed by atoms with Crippen molar-refractivity contribution < 1.29 is 9.53 Å². The van der Waals surface area contributed by atoms with E-state index in [1.807, 2.05) is 24.3 Å². The lowest BCUT2D eigenvalue weighted by Crippen LogP contribution is -2.20. The Morgan fingerprint density at radius 2 is 2.00 bits per heavy atom. The van der Waals surface area contributed by atoms with Crippen LogP contribution in [0.1, 0.15) is 0 Å². The van der Waals surface area contributed by atoms with Gasteiger partial charge in [-0.3, -0.25) is 24.1 Å². The Labute approximate surface area is 167 Å². The van der Waals surface area contributed by atoms with Crippen molar-refractivity contribution in [2.45, 2.75) is 6.54 Å². The molecule has 1 N–H and O–H groups in total. The summed E-state index contributed by atoms with van der Waals surface area (Å²) in [6.07, 6.45) is 6.80. The molecule has 0 aliphatic rings. The fourth-order valence-electron chi connectivity index (χ4n) is 2.90. The summed E-state index contributed by atoms with van der Waals surface area (Å²) in [5, 5.41) is 11.5. The van der Waals surface area contributed by atoms with E-state index < -0.39 is 0 Å². The first kappa shape index (κ1) is 18.4. The first-order valence-electron chi connectivity index (χ1n) is 8.91. The van der Waals surface area contributed by atoms with Crippen LogP contribution < -0.4 is 10.1 Å². The fourth-order valence-corrected chi connectivity index (χ4v) is 2.90. The Morgan fingerprint density at radius 3 is 2.79 bits per heavy atom. The van der Waals surface area contributed by atoms with Gasteiger partial charge in [0, 0.05) is 37.3 Å². The van der Waals surface area contributed by atoms with Gasteiger partial charge in [-0.2, -0.15) is 10.2 Å². The normalized spacial score (nSPS) is 10.7. The molecule has 4 aromatic heterocycles. The zero-order valence-electron chi connectivity index (χ0n) is 16.0. The maximum absolute atomic E-state index is 12.5.